The third-order valence-electron chi connectivity index (χ3n) is 3.39. The molecule has 5 heteroatoms. The highest BCUT2D eigenvalue weighted by molar-refractivity contribution is 5.92. The van der Waals surface area contributed by atoms with Crippen molar-refractivity contribution in [3.05, 3.63) is 60.2 Å². The first-order chi connectivity index (χ1) is 11.2. The fourth-order valence-corrected chi connectivity index (χ4v) is 2.30. The standard InChI is InChI=1S/C18H22N2O3/c1-23-17-9-5-8-16(12-17)19-18(22)14-20(10-11-21)13-15-6-3-2-4-7-15/h2-9,12,21H,10-11,13-14H2,1H3,(H,19,22). The van der Waals surface area contributed by atoms with E-state index >= 15 is 0 Å². The van der Waals surface area contributed by atoms with Crippen LogP contribution in [0, 0.1) is 0 Å². The molecule has 0 radical (unpaired) electrons. The van der Waals surface area contributed by atoms with Crippen LogP contribution in [0.4, 0.5) is 5.69 Å². The minimum atomic E-state index is -0.123. The molecule has 0 atom stereocenters. The Kier molecular flexibility index (Phi) is 6.59. The van der Waals surface area contributed by atoms with Crippen LogP contribution in [0.25, 0.3) is 0 Å². The van der Waals surface area contributed by atoms with Gasteiger partial charge in [0.25, 0.3) is 0 Å². The number of hydrogen-bond acceptors (Lipinski definition) is 4. The zero-order valence-electron chi connectivity index (χ0n) is 13.2. The summed E-state index contributed by atoms with van der Waals surface area (Å²) in [5.74, 6) is 0.571. The van der Waals surface area contributed by atoms with Crippen LogP contribution < -0.4 is 10.1 Å². The largest absolute Gasteiger partial charge is 0.497 e. The third kappa shape index (κ3) is 5.73. The van der Waals surface area contributed by atoms with Crippen LogP contribution in [0.1, 0.15) is 5.56 Å². The summed E-state index contributed by atoms with van der Waals surface area (Å²) in [6.07, 6.45) is 0. The molecule has 0 saturated heterocycles. The Balaban J connectivity index is 1.94. The van der Waals surface area contributed by atoms with Gasteiger partial charge in [-0.3, -0.25) is 9.69 Å². The van der Waals surface area contributed by atoms with Gasteiger partial charge in [0.1, 0.15) is 5.75 Å². The van der Waals surface area contributed by atoms with Crippen LogP contribution in [0.2, 0.25) is 0 Å². The summed E-state index contributed by atoms with van der Waals surface area (Å²) in [7, 11) is 1.59. The summed E-state index contributed by atoms with van der Waals surface area (Å²) in [6.45, 7) is 1.29. The number of amides is 1. The van der Waals surface area contributed by atoms with E-state index in [1.165, 1.54) is 0 Å². The molecule has 0 unspecified atom stereocenters. The van der Waals surface area contributed by atoms with Crippen LogP contribution in [0.15, 0.2) is 54.6 Å². The highest BCUT2D eigenvalue weighted by atomic mass is 16.5. The third-order valence-corrected chi connectivity index (χ3v) is 3.39. The van der Waals surface area contributed by atoms with Gasteiger partial charge in [0.05, 0.1) is 20.3 Å². The van der Waals surface area contributed by atoms with Crippen molar-refractivity contribution < 1.29 is 14.6 Å². The molecule has 0 aromatic heterocycles. The lowest BCUT2D eigenvalue weighted by molar-refractivity contribution is -0.117. The second-order valence-electron chi connectivity index (χ2n) is 5.20. The van der Waals surface area contributed by atoms with Gasteiger partial charge in [-0.1, -0.05) is 36.4 Å². The maximum atomic E-state index is 12.2. The number of ether oxygens (including phenoxy) is 1. The van der Waals surface area contributed by atoms with E-state index < -0.39 is 0 Å². The van der Waals surface area contributed by atoms with Crippen molar-refractivity contribution in [2.75, 3.05) is 32.1 Å². The zero-order valence-corrected chi connectivity index (χ0v) is 13.2. The van der Waals surface area contributed by atoms with Gasteiger partial charge in [0.15, 0.2) is 0 Å². The van der Waals surface area contributed by atoms with Crippen molar-refractivity contribution in [1.29, 1.82) is 0 Å². The average Bonchev–Trinajstić information content (AvgIpc) is 2.56. The number of benzene rings is 2. The predicted molar refractivity (Wildman–Crippen MR) is 90.4 cm³/mol. The topological polar surface area (TPSA) is 61.8 Å². The lowest BCUT2D eigenvalue weighted by Gasteiger charge is -2.21. The number of methoxy groups -OCH3 is 1. The summed E-state index contributed by atoms with van der Waals surface area (Å²) in [5.41, 5.74) is 1.80. The molecule has 0 spiro atoms. The maximum absolute atomic E-state index is 12.2. The van der Waals surface area contributed by atoms with Crippen LogP contribution in [-0.4, -0.2) is 42.7 Å². The van der Waals surface area contributed by atoms with Gasteiger partial charge in [-0.15, -0.1) is 0 Å². The molecule has 0 bridgehead atoms. The van der Waals surface area contributed by atoms with Gasteiger partial charge in [-0.05, 0) is 17.7 Å². The number of anilines is 1. The molecule has 0 heterocycles. The number of nitrogens with one attached hydrogen (secondary N) is 1. The van der Waals surface area contributed by atoms with Crippen molar-refractivity contribution in [2.45, 2.75) is 6.54 Å². The molecule has 122 valence electrons. The van der Waals surface area contributed by atoms with Crippen LogP contribution in [0.3, 0.4) is 0 Å². The Bertz CT molecular complexity index is 617. The molecule has 1 amide bonds. The lowest BCUT2D eigenvalue weighted by atomic mass is 10.2. The zero-order chi connectivity index (χ0) is 16.5. The Labute approximate surface area is 136 Å². The minimum Gasteiger partial charge on any atom is -0.497 e. The SMILES string of the molecule is COc1cccc(NC(=O)CN(CCO)Cc2ccccc2)c1. The Hall–Kier alpha value is -2.37. The molecule has 2 aromatic carbocycles. The molecule has 2 rings (SSSR count). The van der Waals surface area contributed by atoms with Gasteiger partial charge in [-0.25, -0.2) is 0 Å². The normalized spacial score (nSPS) is 10.6. The Morgan fingerprint density at radius 1 is 1.17 bits per heavy atom. The van der Waals surface area contributed by atoms with Gasteiger partial charge < -0.3 is 15.2 Å². The van der Waals surface area contributed by atoms with Gasteiger partial charge in [0, 0.05) is 24.8 Å². The summed E-state index contributed by atoms with van der Waals surface area (Å²) >= 11 is 0. The lowest BCUT2D eigenvalue weighted by Crippen LogP contribution is -2.34. The van der Waals surface area contributed by atoms with Crippen LogP contribution >= 0.6 is 0 Å². The number of carbonyl (C=O) groups is 1. The number of rotatable bonds is 8. The molecule has 0 aliphatic heterocycles. The van der Waals surface area contributed by atoms with Crippen LogP contribution in [0.5, 0.6) is 5.75 Å². The van der Waals surface area contributed by atoms with Crippen molar-refractivity contribution in [3.63, 3.8) is 0 Å². The summed E-state index contributed by atoms with van der Waals surface area (Å²) in [5, 5.41) is 12.0. The fourth-order valence-electron chi connectivity index (χ4n) is 2.30. The first kappa shape index (κ1) is 17.0. The molecular weight excluding hydrogens is 292 g/mol. The Morgan fingerprint density at radius 3 is 2.65 bits per heavy atom. The average molecular weight is 314 g/mol. The number of hydrogen-bond donors (Lipinski definition) is 2. The van der Waals surface area contributed by atoms with Crippen LogP contribution in [-0.2, 0) is 11.3 Å². The van der Waals surface area contributed by atoms with E-state index in [-0.39, 0.29) is 19.1 Å². The van der Waals surface area contributed by atoms with E-state index in [2.05, 4.69) is 5.32 Å². The number of aliphatic hydroxyl groups excluding tert-OH is 1. The first-order valence-corrected chi connectivity index (χ1v) is 7.52. The molecule has 23 heavy (non-hydrogen) atoms. The second-order valence-corrected chi connectivity index (χ2v) is 5.20. The number of aliphatic hydroxyl groups is 1. The molecule has 2 N–H and O–H groups in total. The first-order valence-electron chi connectivity index (χ1n) is 7.52. The molecule has 0 fully saturated rings. The van der Waals surface area contributed by atoms with Gasteiger partial charge in [0.2, 0.25) is 5.91 Å². The predicted octanol–water partition coefficient (Wildman–Crippen LogP) is 2.13. The van der Waals surface area contributed by atoms with Crippen molar-refractivity contribution in [1.82, 2.24) is 4.90 Å². The van der Waals surface area contributed by atoms with E-state index in [0.29, 0.717) is 24.5 Å². The van der Waals surface area contributed by atoms with Crippen molar-refractivity contribution in [3.8, 4) is 5.75 Å². The number of carbonyl (C=O) groups excluding carboxylic acids is 1. The van der Waals surface area contributed by atoms with E-state index in [4.69, 9.17) is 4.74 Å². The highest BCUT2D eigenvalue weighted by Gasteiger charge is 2.11. The molecule has 0 aliphatic carbocycles. The summed E-state index contributed by atoms with van der Waals surface area (Å²) in [4.78, 5) is 14.1. The smallest absolute Gasteiger partial charge is 0.238 e. The fraction of sp³-hybridized carbons (Fsp3) is 0.278. The molecule has 5 nitrogen and oxygen atoms in total. The molecule has 0 aliphatic rings. The van der Waals surface area contributed by atoms with E-state index in [1.54, 1.807) is 13.2 Å². The summed E-state index contributed by atoms with van der Waals surface area (Å²) < 4.78 is 5.14. The Morgan fingerprint density at radius 2 is 1.96 bits per heavy atom. The van der Waals surface area contributed by atoms with Crippen molar-refractivity contribution >= 4 is 11.6 Å². The second kappa shape index (κ2) is 8.92. The summed E-state index contributed by atoms with van der Waals surface area (Å²) in [6, 6.07) is 17.1. The number of nitrogens with zero attached hydrogens (tertiary/aromatic N) is 1. The minimum absolute atomic E-state index is 0.0132. The van der Waals surface area contributed by atoms with Crippen molar-refractivity contribution in [2.24, 2.45) is 0 Å². The monoisotopic (exact) mass is 314 g/mol. The van der Waals surface area contributed by atoms with E-state index in [9.17, 15) is 9.90 Å². The molecular formula is C18H22N2O3. The molecule has 2 aromatic rings. The van der Waals surface area contributed by atoms with Gasteiger partial charge in [-0.2, -0.15) is 0 Å². The highest BCUT2D eigenvalue weighted by Crippen LogP contribution is 2.16. The van der Waals surface area contributed by atoms with Gasteiger partial charge >= 0.3 is 0 Å². The maximum Gasteiger partial charge on any atom is 0.238 e. The molecule has 0 saturated carbocycles. The van der Waals surface area contributed by atoms with E-state index in [1.807, 2.05) is 53.4 Å². The van der Waals surface area contributed by atoms with E-state index in [0.717, 1.165) is 5.56 Å². The quantitative estimate of drug-likeness (QED) is 0.783.